The monoisotopic (exact) mass is 381 g/mol. The minimum atomic E-state index is -2.57. The zero-order chi connectivity index (χ0) is 18.1. The van der Waals surface area contributed by atoms with Gasteiger partial charge in [0.1, 0.15) is 0 Å². The molecule has 2 atom stereocenters. The van der Waals surface area contributed by atoms with Crippen molar-refractivity contribution in [1.82, 2.24) is 14.0 Å². The summed E-state index contributed by atoms with van der Waals surface area (Å²) in [6.45, 7) is 2.06. The van der Waals surface area contributed by atoms with Crippen LogP contribution in [-0.2, 0) is 4.57 Å². The molecule has 0 amide bonds. The second-order valence-corrected chi connectivity index (χ2v) is 12.3. The summed E-state index contributed by atoms with van der Waals surface area (Å²) in [4.78, 5) is 0. The SMILES string of the molecule is CN1[C@@H](C2CCCCC2)[C@H](C2CCCCC2)N(C)P1(=O)N1CCCCC1. The van der Waals surface area contributed by atoms with Gasteiger partial charge in [-0.25, -0.2) is 14.0 Å². The van der Waals surface area contributed by atoms with E-state index in [1.807, 2.05) is 0 Å². The third-order valence-electron chi connectivity index (χ3n) is 8.00. The molecule has 2 saturated carbocycles. The Kier molecular flexibility index (Phi) is 6.15. The van der Waals surface area contributed by atoms with Crippen LogP contribution in [0.15, 0.2) is 0 Å². The smallest absolute Gasteiger partial charge is 0.270 e. The summed E-state index contributed by atoms with van der Waals surface area (Å²) >= 11 is 0. The summed E-state index contributed by atoms with van der Waals surface area (Å²) in [7, 11) is 1.86. The largest absolute Gasteiger partial charge is 0.286 e. The molecule has 2 heterocycles. The molecule has 0 aromatic carbocycles. The third-order valence-corrected chi connectivity index (χ3v) is 11.3. The molecule has 0 spiro atoms. The Morgan fingerprint density at radius 2 is 1.00 bits per heavy atom. The van der Waals surface area contributed by atoms with Gasteiger partial charge in [0.05, 0.1) is 0 Å². The molecule has 5 heteroatoms. The van der Waals surface area contributed by atoms with E-state index in [0.717, 1.165) is 24.9 Å². The van der Waals surface area contributed by atoms with E-state index in [1.54, 1.807) is 0 Å². The maximum atomic E-state index is 14.5. The number of likely N-dealkylation sites (N-methyl/N-ethyl adjacent to an activating group) is 2. The lowest BCUT2D eigenvalue weighted by Gasteiger charge is -2.40. The Morgan fingerprint density at radius 3 is 1.42 bits per heavy atom. The molecular weight excluding hydrogens is 341 g/mol. The molecule has 26 heavy (non-hydrogen) atoms. The van der Waals surface area contributed by atoms with Crippen molar-refractivity contribution in [2.24, 2.45) is 11.8 Å². The minimum Gasteiger partial charge on any atom is -0.270 e. The lowest BCUT2D eigenvalue weighted by molar-refractivity contribution is 0.122. The maximum absolute atomic E-state index is 14.5. The lowest BCUT2D eigenvalue weighted by Crippen LogP contribution is -2.46. The van der Waals surface area contributed by atoms with Crippen molar-refractivity contribution in [3.8, 4) is 0 Å². The number of piperidine rings is 1. The second-order valence-electron chi connectivity index (χ2n) is 9.45. The minimum absolute atomic E-state index is 0.510. The highest BCUT2D eigenvalue weighted by Crippen LogP contribution is 2.65. The number of hydrogen-bond acceptors (Lipinski definition) is 1. The molecule has 4 rings (SSSR count). The highest BCUT2D eigenvalue weighted by molar-refractivity contribution is 7.56. The number of hydrogen-bond donors (Lipinski definition) is 0. The standard InChI is InChI=1S/C21H40N3OP/c1-22-20(18-12-6-3-7-13-18)21(19-14-8-4-9-15-19)23(2)26(22,25)24-16-10-5-11-17-24/h18-21H,3-17H2,1-2H3/t20-,21-/m0/s1. The Labute approximate surface area is 161 Å². The predicted octanol–water partition coefficient (Wildman–Crippen LogP) is 5.36. The van der Waals surface area contributed by atoms with Crippen molar-refractivity contribution in [1.29, 1.82) is 0 Å². The van der Waals surface area contributed by atoms with Gasteiger partial charge >= 0.3 is 0 Å². The second kappa shape index (κ2) is 8.23. The van der Waals surface area contributed by atoms with Crippen LogP contribution in [0.3, 0.4) is 0 Å². The van der Waals surface area contributed by atoms with Crippen molar-refractivity contribution in [2.45, 2.75) is 95.6 Å². The van der Waals surface area contributed by atoms with Crippen LogP contribution in [0.4, 0.5) is 0 Å². The van der Waals surface area contributed by atoms with Crippen molar-refractivity contribution in [3.63, 3.8) is 0 Å². The fourth-order valence-electron chi connectivity index (χ4n) is 6.67. The van der Waals surface area contributed by atoms with Gasteiger partial charge in [0.15, 0.2) is 0 Å². The molecule has 0 unspecified atom stereocenters. The first-order valence-corrected chi connectivity index (χ1v) is 13.0. The topological polar surface area (TPSA) is 26.8 Å². The Morgan fingerprint density at radius 1 is 0.615 bits per heavy atom. The van der Waals surface area contributed by atoms with E-state index in [-0.39, 0.29) is 0 Å². The van der Waals surface area contributed by atoms with Gasteiger partial charge in [-0.3, -0.25) is 4.57 Å². The molecule has 0 bridgehead atoms. The van der Waals surface area contributed by atoms with Crippen LogP contribution in [0.5, 0.6) is 0 Å². The van der Waals surface area contributed by atoms with Crippen molar-refractivity contribution in [3.05, 3.63) is 0 Å². The van der Waals surface area contributed by atoms with Crippen LogP contribution >= 0.6 is 7.59 Å². The van der Waals surface area contributed by atoms with Gasteiger partial charge in [0.25, 0.3) is 7.59 Å². The first-order chi connectivity index (χ1) is 12.6. The molecule has 4 aliphatic rings. The summed E-state index contributed by atoms with van der Waals surface area (Å²) in [6, 6.07) is 1.02. The third kappa shape index (κ3) is 3.34. The van der Waals surface area contributed by atoms with E-state index in [1.165, 1.54) is 83.5 Å². The van der Waals surface area contributed by atoms with Crippen LogP contribution in [-0.4, -0.2) is 53.3 Å². The van der Waals surface area contributed by atoms with Gasteiger partial charge in [-0.15, -0.1) is 0 Å². The summed E-state index contributed by atoms with van der Waals surface area (Å²) in [5.41, 5.74) is 0. The molecule has 150 valence electrons. The van der Waals surface area contributed by atoms with E-state index in [9.17, 15) is 4.57 Å². The first-order valence-electron chi connectivity index (χ1n) is 11.5. The Balaban J connectivity index is 1.65. The van der Waals surface area contributed by atoms with E-state index in [0.29, 0.717) is 12.1 Å². The molecule has 0 radical (unpaired) electrons. The van der Waals surface area contributed by atoms with Gasteiger partial charge in [-0.1, -0.05) is 44.9 Å². The Hall–Kier alpha value is 0.110. The maximum Gasteiger partial charge on any atom is 0.286 e. The van der Waals surface area contributed by atoms with Gasteiger partial charge in [0.2, 0.25) is 0 Å². The summed E-state index contributed by atoms with van der Waals surface area (Å²) in [5, 5.41) is 0. The molecule has 0 aromatic rings. The summed E-state index contributed by atoms with van der Waals surface area (Å²) < 4.78 is 21.7. The highest BCUT2D eigenvalue weighted by atomic mass is 31.2. The fraction of sp³-hybridized carbons (Fsp3) is 1.00. The fourth-order valence-corrected chi connectivity index (χ4v) is 10.1. The van der Waals surface area contributed by atoms with Gasteiger partial charge in [-0.2, -0.15) is 0 Å². The average molecular weight is 382 g/mol. The lowest BCUT2D eigenvalue weighted by atomic mass is 9.74. The molecule has 4 fully saturated rings. The van der Waals surface area contributed by atoms with E-state index < -0.39 is 7.59 Å². The molecule has 0 N–H and O–H groups in total. The summed E-state index contributed by atoms with van der Waals surface area (Å²) in [5.74, 6) is 1.51. The molecule has 2 aliphatic carbocycles. The molecule has 2 aliphatic heterocycles. The van der Waals surface area contributed by atoms with Gasteiger partial charge in [0, 0.05) is 25.2 Å². The average Bonchev–Trinajstić information content (AvgIpc) is 2.92. The molecule has 2 saturated heterocycles. The Bertz CT molecular complexity index is 475. The normalized spacial score (nSPS) is 36.5. The number of rotatable bonds is 3. The van der Waals surface area contributed by atoms with Crippen molar-refractivity contribution < 1.29 is 4.57 Å². The van der Waals surface area contributed by atoms with E-state index in [2.05, 4.69) is 28.1 Å². The number of nitrogens with zero attached hydrogens (tertiary/aromatic N) is 3. The van der Waals surface area contributed by atoms with E-state index >= 15 is 0 Å². The van der Waals surface area contributed by atoms with Gasteiger partial charge < -0.3 is 0 Å². The van der Waals surface area contributed by atoms with Crippen molar-refractivity contribution >= 4 is 7.59 Å². The highest BCUT2D eigenvalue weighted by Gasteiger charge is 2.58. The zero-order valence-electron chi connectivity index (χ0n) is 17.1. The first kappa shape index (κ1) is 19.4. The zero-order valence-corrected chi connectivity index (χ0v) is 18.0. The van der Waals surface area contributed by atoms with Crippen molar-refractivity contribution in [2.75, 3.05) is 27.2 Å². The van der Waals surface area contributed by atoms with Crippen LogP contribution in [0, 0.1) is 11.8 Å². The molecular formula is C21H40N3OP. The molecule has 4 nitrogen and oxygen atoms in total. The van der Waals surface area contributed by atoms with E-state index in [4.69, 9.17) is 0 Å². The van der Waals surface area contributed by atoms with Crippen LogP contribution in [0.25, 0.3) is 0 Å². The van der Waals surface area contributed by atoms with Crippen LogP contribution in [0.1, 0.15) is 83.5 Å². The quantitative estimate of drug-likeness (QED) is 0.615. The van der Waals surface area contributed by atoms with Crippen LogP contribution < -0.4 is 0 Å². The predicted molar refractivity (Wildman–Crippen MR) is 109 cm³/mol. The van der Waals surface area contributed by atoms with Gasteiger partial charge in [-0.05, 0) is 64.5 Å². The summed E-state index contributed by atoms with van der Waals surface area (Å²) in [6.07, 6.45) is 17.5. The van der Waals surface area contributed by atoms with Crippen LogP contribution in [0.2, 0.25) is 0 Å². The molecule has 0 aromatic heterocycles.